The van der Waals surface area contributed by atoms with Gasteiger partial charge in [0.15, 0.2) is 5.96 Å². The second-order valence-corrected chi connectivity index (χ2v) is 8.90. The number of fused-ring (bicyclic) bond motifs is 1. The van der Waals surface area contributed by atoms with Crippen LogP contribution in [0.1, 0.15) is 29.4 Å². The molecule has 0 bridgehead atoms. The molecular weight excluding hydrogens is 400 g/mol. The first-order valence-electron chi connectivity index (χ1n) is 9.90. The van der Waals surface area contributed by atoms with Crippen molar-refractivity contribution in [2.45, 2.75) is 32.7 Å². The van der Waals surface area contributed by atoms with Crippen LogP contribution in [0.25, 0.3) is 11.0 Å². The molecule has 0 unspecified atom stereocenters. The van der Waals surface area contributed by atoms with Crippen molar-refractivity contribution in [2.75, 3.05) is 13.6 Å². The Hall–Kier alpha value is -2.84. The monoisotopic (exact) mass is 428 g/mol. The molecule has 2 aromatic carbocycles. The Morgan fingerprint density at radius 3 is 2.40 bits per heavy atom. The third kappa shape index (κ3) is 5.61. The van der Waals surface area contributed by atoms with Gasteiger partial charge < -0.3 is 15.1 Å². The number of nitrogens with one attached hydrogen (secondary N) is 3. The molecule has 0 amide bonds. The van der Waals surface area contributed by atoms with E-state index in [9.17, 15) is 8.42 Å². The molecule has 7 nitrogen and oxygen atoms in total. The van der Waals surface area contributed by atoms with Gasteiger partial charge in [-0.25, -0.2) is 18.1 Å². The lowest BCUT2D eigenvalue weighted by atomic mass is 10.1. The lowest BCUT2D eigenvalue weighted by Gasteiger charge is -2.11. The molecule has 0 radical (unpaired) electrons. The molecule has 3 aromatic rings. The largest absolute Gasteiger partial charge is 0.459 e. The van der Waals surface area contributed by atoms with E-state index in [0.717, 1.165) is 40.0 Å². The van der Waals surface area contributed by atoms with Crippen molar-refractivity contribution < 1.29 is 12.8 Å². The number of guanidine groups is 1. The van der Waals surface area contributed by atoms with Crippen LogP contribution in [0.15, 0.2) is 57.9 Å². The van der Waals surface area contributed by atoms with Gasteiger partial charge in [0, 0.05) is 17.5 Å². The number of nitrogens with zero attached hydrogens (tertiary/aromatic N) is 1. The van der Waals surface area contributed by atoms with Gasteiger partial charge in [-0.1, -0.05) is 42.5 Å². The predicted octanol–water partition coefficient (Wildman–Crippen LogP) is 3.05. The van der Waals surface area contributed by atoms with Crippen molar-refractivity contribution in [3.05, 3.63) is 71.0 Å². The first kappa shape index (κ1) is 21.9. The molecule has 0 aliphatic carbocycles. The number of para-hydroxylation sites is 1. The zero-order valence-electron chi connectivity index (χ0n) is 17.5. The van der Waals surface area contributed by atoms with E-state index in [0.29, 0.717) is 19.0 Å². The van der Waals surface area contributed by atoms with Crippen molar-refractivity contribution in [2.24, 2.45) is 4.99 Å². The Balaban J connectivity index is 1.64. The summed E-state index contributed by atoms with van der Waals surface area (Å²) in [6, 6.07) is 15.4. The first-order valence-corrected chi connectivity index (χ1v) is 11.6. The van der Waals surface area contributed by atoms with Crippen LogP contribution >= 0.6 is 0 Å². The molecule has 0 aliphatic heterocycles. The third-order valence-electron chi connectivity index (χ3n) is 4.81. The van der Waals surface area contributed by atoms with Crippen molar-refractivity contribution in [3.63, 3.8) is 0 Å². The summed E-state index contributed by atoms with van der Waals surface area (Å²) in [5.74, 6) is 1.55. The highest BCUT2D eigenvalue weighted by Gasteiger charge is 2.11. The van der Waals surface area contributed by atoms with E-state index in [-0.39, 0.29) is 5.75 Å². The summed E-state index contributed by atoms with van der Waals surface area (Å²) in [5.41, 5.74) is 3.75. The number of hydrogen-bond donors (Lipinski definition) is 3. The molecule has 1 aromatic heterocycles. The summed E-state index contributed by atoms with van der Waals surface area (Å²) in [5, 5.41) is 7.67. The van der Waals surface area contributed by atoms with Crippen LogP contribution in [0, 0.1) is 6.92 Å². The van der Waals surface area contributed by atoms with Gasteiger partial charge in [-0.2, -0.15) is 0 Å². The van der Waals surface area contributed by atoms with Crippen LogP contribution in [0.5, 0.6) is 0 Å². The summed E-state index contributed by atoms with van der Waals surface area (Å²) >= 11 is 0. The molecule has 160 valence electrons. The van der Waals surface area contributed by atoms with Crippen molar-refractivity contribution in [1.82, 2.24) is 15.4 Å². The first-order chi connectivity index (χ1) is 14.4. The molecule has 1 heterocycles. The second-order valence-electron chi connectivity index (χ2n) is 6.97. The predicted molar refractivity (Wildman–Crippen MR) is 121 cm³/mol. The maximum Gasteiger partial charge on any atom is 0.215 e. The molecule has 0 saturated heterocycles. The standard InChI is InChI=1S/C22H28N4O3S/c1-4-24-22(26-14-21-16(2)19-7-5-6-8-20(19)29-21)25-13-17-9-11-18(12-10-17)15-30(27,28)23-3/h5-12,23H,4,13-15H2,1-3H3,(H2,24,25,26). The van der Waals surface area contributed by atoms with Crippen LogP contribution in [-0.2, 0) is 28.9 Å². The average Bonchev–Trinajstić information content (AvgIpc) is 3.07. The minimum absolute atomic E-state index is 0.0336. The quantitative estimate of drug-likeness (QED) is 0.379. The number of furan rings is 1. The lowest BCUT2D eigenvalue weighted by Crippen LogP contribution is -2.36. The number of benzene rings is 2. The summed E-state index contributed by atoms with van der Waals surface area (Å²) in [6.07, 6.45) is 0. The van der Waals surface area contributed by atoms with Gasteiger partial charge in [-0.05, 0) is 38.1 Å². The van der Waals surface area contributed by atoms with Crippen LogP contribution in [0.4, 0.5) is 0 Å². The van der Waals surface area contributed by atoms with E-state index in [1.165, 1.54) is 7.05 Å². The topological polar surface area (TPSA) is 95.7 Å². The Labute approximate surface area is 177 Å². The van der Waals surface area contributed by atoms with Gasteiger partial charge in [0.2, 0.25) is 10.0 Å². The molecule has 0 atom stereocenters. The maximum atomic E-state index is 11.7. The fourth-order valence-corrected chi connectivity index (χ4v) is 3.88. The highest BCUT2D eigenvalue weighted by molar-refractivity contribution is 7.88. The van der Waals surface area contributed by atoms with Crippen LogP contribution in [0.2, 0.25) is 0 Å². The third-order valence-corrected chi connectivity index (χ3v) is 6.15. The molecule has 0 spiro atoms. The Bertz CT molecular complexity index is 1120. The zero-order chi connectivity index (χ0) is 21.6. The summed E-state index contributed by atoms with van der Waals surface area (Å²) in [6.45, 7) is 5.83. The SMILES string of the molecule is CCNC(=NCc1ccc(CS(=O)(=O)NC)cc1)NCc1oc2ccccc2c1C. The van der Waals surface area contributed by atoms with Crippen molar-refractivity contribution >= 4 is 27.0 Å². The maximum absolute atomic E-state index is 11.7. The van der Waals surface area contributed by atoms with Gasteiger partial charge >= 0.3 is 0 Å². The Morgan fingerprint density at radius 2 is 1.73 bits per heavy atom. The Morgan fingerprint density at radius 1 is 1.03 bits per heavy atom. The van der Waals surface area contributed by atoms with E-state index in [2.05, 4.69) is 33.3 Å². The second kappa shape index (κ2) is 9.77. The molecule has 0 aliphatic rings. The van der Waals surface area contributed by atoms with Crippen molar-refractivity contribution in [3.8, 4) is 0 Å². The van der Waals surface area contributed by atoms with Gasteiger partial charge in [0.1, 0.15) is 11.3 Å². The van der Waals surface area contributed by atoms with Gasteiger partial charge in [-0.15, -0.1) is 0 Å². The number of hydrogen-bond acceptors (Lipinski definition) is 4. The Kier molecular flexibility index (Phi) is 7.12. The van der Waals surface area contributed by atoms with Crippen LogP contribution in [-0.4, -0.2) is 28.0 Å². The van der Waals surface area contributed by atoms with Crippen molar-refractivity contribution in [1.29, 1.82) is 0 Å². The highest BCUT2D eigenvalue weighted by atomic mass is 32.2. The molecule has 0 fully saturated rings. The average molecular weight is 429 g/mol. The molecule has 0 saturated carbocycles. The smallest absolute Gasteiger partial charge is 0.215 e. The fourth-order valence-electron chi connectivity index (χ4n) is 3.10. The molecular formula is C22H28N4O3S. The molecule has 3 N–H and O–H groups in total. The molecule has 8 heteroatoms. The summed E-state index contributed by atoms with van der Waals surface area (Å²) in [4.78, 5) is 4.62. The number of aryl methyl sites for hydroxylation is 1. The zero-order valence-corrected chi connectivity index (χ0v) is 18.3. The van der Waals surface area contributed by atoms with Crippen LogP contribution in [0.3, 0.4) is 0 Å². The summed E-state index contributed by atoms with van der Waals surface area (Å²) < 4.78 is 31.6. The van der Waals surface area contributed by atoms with E-state index in [1.54, 1.807) is 0 Å². The number of aliphatic imine (C=N–C) groups is 1. The van der Waals surface area contributed by atoms with E-state index < -0.39 is 10.0 Å². The van der Waals surface area contributed by atoms with Crippen LogP contribution < -0.4 is 15.4 Å². The number of rotatable bonds is 8. The highest BCUT2D eigenvalue weighted by Crippen LogP contribution is 2.24. The molecule has 30 heavy (non-hydrogen) atoms. The van der Waals surface area contributed by atoms with Gasteiger partial charge in [0.05, 0.1) is 18.8 Å². The minimum atomic E-state index is -3.27. The fraction of sp³-hybridized carbons (Fsp3) is 0.318. The summed E-state index contributed by atoms with van der Waals surface area (Å²) in [7, 11) is -1.85. The van der Waals surface area contributed by atoms with E-state index in [1.807, 2.05) is 49.4 Å². The molecule has 3 rings (SSSR count). The normalized spacial score (nSPS) is 12.3. The van der Waals surface area contributed by atoms with E-state index >= 15 is 0 Å². The minimum Gasteiger partial charge on any atom is -0.459 e. The van der Waals surface area contributed by atoms with E-state index in [4.69, 9.17) is 4.42 Å². The van der Waals surface area contributed by atoms with Gasteiger partial charge in [-0.3, -0.25) is 0 Å². The van der Waals surface area contributed by atoms with Gasteiger partial charge in [0.25, 0.3) is 0 Å². The lowest BCUT2D eigenvalue weighted by molar-refractivity contribution is 0.534. The number of sulfonamides is 1.